The summed E-state index contributed by atoms with van der Waals surface area (Å²) >= 11 is 0. The molecule has 0 saturated carbocycles. The summed E-state index contributed by atoms with van der Waals surface area (Å²) < 4.78 is 0. The van der Waals surface area contributed by atoms with Gasteiger partial charge in [-0.2, -0.15) is 0 Å². The third-order valence-electron chi connectivity index (χ3n) is 0.683. The van der Waals surface area contributed by atoms with Gasteiger partial charge in [0, 0.05) is 0 Å². The summed E-state index contributed by atoms with van der Waals surface area (Å²) in [6.45, 7) is 2.99. The molecule has 0 N–H and O–H groups in total. The van der Waals surface area contributed by atoms with E-state index >= 15 is 0 Å². The second-order valence-corrected chi connectivity index (χ2v) is 1.47. The molecule has 0 amide bonds. The van der Waals surface area contributed by atoms with Crippen LogP contribution >= 0.6 is 0 Å². The van der Waals surface area contributed by atoms with Gasteiger partial charge in [-0.25, -0.2) is 0 Å². The van der Waals surface area contributed by atoms with Crippen LogP contribution in [0.4, 0.5) is 0 Å². The minimum atomic E-state index is -1.50. The summed E-state index contributed by atoms with van der Waals surface area (Å²) in [5.74, 6) is -2.97. The van der Waals surface area contributed by atoms with Crippen LogP contribution < -0.4 is 113 Å². The average molecular weight is 218 g/mol. The van der Waals surface area contributed by atoms with Crippen molar-refractivity contribution in [2.24, 2.45) is 0 Å². The van der Waals surface area contributed by atoms with Crippen molar-refractivity contribution in [2.45, 2.75) is 0 Å². The first-order valence-corrected chi connectivity index (χ1v) is 2.33. The molecule has 6 heteroatoms. The maximum absolute atomic E-state index is 9.84. The predicted molar refractivity (Wildman–Crippen MR) is 28.3 cm³/mol. The molecule has 0 spiro atoms. The zero-order chi connectivity index (χ0) is 8.15. The monoisotopic (exact) mass is 218 g/mol. The van der Waals surface area contributed by atoms with Gasteiger partial charge >= 0.3 is 103 Å². The predicted octanol–water partition coefficient (Wildman–Crippen LogP) is -8.39. The van der Waals surface area contributed by atoms with Crippen LogP contribution in [0.5, 0.6) is 0 Å². The Balaban J connectivity index is -0.000000405. The number of hydrogen-bond donors (Lipinski definition) is 0. The molecule has 0 aliphatic rings. The molecule has 0 rings (SSSR count). The summed E-state index contributed by atoms with van der Waals surface area (Å²) in [7, 11) is 0. The topological polar surface area (TPSA) is 80.3 Å². The van der Waals surface area contributed by atoms with Crippen LogP contribution in [0.25, 0.3) is 0 Å². The molecule has 0 saturated heterocycles. The van der Waals surface area contributed by atoms with Gasteiger partial charge in [0.05, 0.1) is 11.9 Å². The van der Waals surface area contributed by atoms with Gasteiger partial charge in [-0.15, -0.1) is 0 Å². The quantitative estimate of drug-likeness (QED) is 0.268. The summed E-state index contributed by atoms with van der Waals surface area (Å²) in [5.41, 5.74) is -0.399. The molecule has 0 aliphatic heterocycles. The Kier molecular flexibility index (Phi) is 17.3. The maximum Gasteiger partial charge on any atom is 1.00 e. The Morgan fingerprint density at radius 1 is 1.08 bits per heavy atom. The molecule has 0 heterocycles. The summed E-state index contributed by atoms with van der Waals surface area (Å²) in [5, 5.41) is 19.5. The first-order valence-electron chi connectivity index (χ1n) is 2.33. The van der Waals surface area contributed by atoms with Crippen molar-refractivity contribution in [3.05, 3.63) is 24.3 Å². The SMILES string of the molecule is C=C(C=CC(=O)[O-])C(=O)[O-].[K+].[K+]. The van der Waals surface area contributed by atoms with Gasteiger partial charge in [-0.05, 0) is 11.6 Å². The van der Waals surface area contributed by atoms with Crippen molar-refractivity contribution < 1.29 is 123 Å². The van der Waals surface area contributed by atoms with Crippen LogP contribution in [0.2, 0.25) is 0 Å². The molecule has 0 aliphatic carbocycles. The van der Waals surface area contributed by atoms with Gasteiger partial charge in [-0.3, -0.25) is 0 Å². The van der Waals surface area contributed by atoms with E-state index in [-0.39, 0.29) is 103 Å². The van der Waals surface area contributed by atoms with Crippen molar-refractivity contribution in [1.29, 1.82) is 0 Å². The van der Waals surface area contributed by atoms with Gasteiger partial charge < -0.3 is 19.8 Å². The van der Waals surface area contributed by atoms with Crippen LogP contribution in [-0.2, 0) is 9.59 Å². The third kappa shape index (κ3) is 11.7. The first kappa shape index (κ1) is 19.3. The van der Waals surface area contributed by atoms with Gasteiger partial charge in [-0.1, -0.05) is 12.7 Å². The van der Waals surface area contributed by atoms with Crippen molar-refractivity contribution in [3.8, 4) is 0 Å². The summed E-state index contributed by atoms with van der Waals surface area (Å²) in [6, 6.07) is 0. The van der Waals surface area contributed by atoms with E-state index in [0.29, 0.717) is 6.08 Å². The zero-order valence-electron chi connectivity index (χ0n) is 6.99. The molecule has 0 aromatic heterocycles. The molecule has 0 fully saturated rings. The minimum Gasteiger partial charge on any atom is -0.545 e. The molecule has 54 valence electrons. The number of carboxylic acids is 2. The Morgan fingerprint density at radius 2 is 1.50 bits per heavy atom. The van der Waals surface area contributed by atoms with Crippen molar-refractivity contribution >= 4 is 11.9 Å². The number of carbonyl (C=O) groups excluding carboxylic acids is 2. The molecule has 4 nitrogen and oxygen atoms in total. The van der Waals surface area contributed by atoms with Gasteiger partial charge in [0.15, 0.2) is 0 Å². The van der Waals surface area contributed by atoms with Crippen molar-refractivity contribution in [1.82, 2.24) is 0 Å². The first-order chi connectivity index (χ1) is 4.54. The number of carboxylic acid groups (broad SMARTS) is 2. The largest absolute Gasteiger partial charge is 1.00 e. The van der Waals surface area contributed by atoms with E-state index in [1.807, 2.05) is 0 Å². The van der Waals surface area contributed by atoms with Crippen LogP contribution in [0.1, 0.15) is 0 Å². The van der Waals surface area contributed by atoms with E-state index in [2.05, 4.69) is 6.58 Å². The Bertz CT molecular complexity index is 210. The molecule has 0 radical (unpaired) electrons. The molecule has 0 unspecified atom stereocenters. The molecular formula is C6H4K2O4. The van der Waals surface area contributed by atoms with Crippen LogP contribution in [0, 0.1) is 0 Å². The van der Waals surface area contributed by atoms with E-state index in [9.17, 15) is 19.8 Å². The fraction of sp³-hybridized carbons (Fsp3) is 0. The molecule has 0 atom stereocenters. The van der Waals surface area contributed by atoms with E-state index in [1.165, 1.54) is 0 Å². The van der Waals surface area contributed by atoms with Crippen LogP contribution in [-0.4, -0.2) is 11.9 Å². The molecule has 12 heavy (non-hydrogen) atoms. The molecular weight excluding hydrogens is 214 g/mol. The normalized spacial score (nSPS) is 8.00. The van der Waals surface area contributed by atoms with Gasteiger partial charge in [0.2, 0.25) is 0 Å². The number of carbonyl (C=O) groups is 2. The van der Waals surface area contributed by atoms with Gasteiger partial charge in [0.1, 0.15) is 0 Å². The van der Waals surface area contributed by atoms with E-state index in [1.54, 1.807) is 0 Å². The summed E-state index contributed by atoms with van der Waals surface area (Å²) in [6.07, 6.45) is 1.36. The Hall–Kier alpha value is 1.69. The molecule has 0 aromatic carbocycles. The zero-order valence-corrected chi connectivity index (χ0v) is 13.2. The fourth-order valence-electron chi connectivity index (χ4n) is 0.237. The van der Waals surface area contributed by atoms with E-state index < -0.39 is 17.5 Å². The standard InChI is InChI=1S/C6H6O4.2K/c1-4(6(9)10)2-3-5(7)8;;/h2-3H,1H2,(H,7,8)(H,9,10);;/q;2*+1/p-2. The smallest absolute Gasteiger partial charge is 0.545 e. The van der Waals surface area contributed by atoms with E-state index in [0.717, 1.165) is 6.08 Å². The third-order valence-corrected chi connectivity index (χ3v) is 0.683. The van der Waals surface area contributed by atoms with Crippen molar-refractivity contribution in [2.75, 3.05) is 0 Å². The van der Waals surface area contributed by atoms with Crippen LogP contribution in [0.15, 0.2) is 24.3 Å². The maximum atomic E-state index is 9.84. The Labute approximate surface area is 155 Å². The second kappa shape index (κ2) is 10.8. The number of hydrogen-bond acceptors (Lipinski definition) is 4. The van der Waals surface area contributed by atoms with Crippen molar-refractivity contribution in [3.63, 3.8) is 0 Å². The summed E-state index contributed by atoms with van der Waals surface area (Å²) in [4.78, 5) is 19.5. The number of rotatable bonds is 3. The molecule has 0 bridgehead atoms. The minimum absolute atomic E-state index is 0. The number of aliphatic carboxylic acids is 2. The van der Waals surface area contributed by atoms with E-state index in [4.69, 9.17) is 0 Å². The second-order valence-electron chi connectivity index (χ2n) is 1.47. The van der Waals surface area contributed by atoms with Crippen LogP contribution in [0.3, 0.4) is 0 Å². The Morgan fingerprint density at radius 3 is 1.75 bits per heavy atom. The molecule has 0 aromatic rings. The fourth-order valence-corrected chi connectivity index (χ4v) is 0.237. The average Bonchev–Trinajstić information content (AvgIpc) is 1.82. The van der Waals surface area contributed by atoms with Gasteiger partial charge in [0.25, 0.3) is 0 Å².